The molecule has 7 nitrogen and oxygen atoms in total. The Hall–Kier alpha value is -1.93. The van der Waals surface area contributed by atoms with Crippen LogP contribution < -0.4 is 0 Å². The van der Waals surface area contributed by atoms with Gasteiger partial charge in [-0.05, 0) is 24.1 Å². The number of benzene rings is 1. The van der Waals surface area contributed by atoms with Gasteiger partial charge in [-0.3, -0.25) is 14.1 Å². The Balaban J connectivity index is 3.58. The first-order valence-corrected chi connectivity index (χ1v) is 6.65. The van der Waals surface area contributed by atoms with Crippen molar-refractivity contribution in [2.75, 3.05) is 0 Å². The number of carboxylic acids is 2. The van der Waals surface area contributed by atoms with E-state index in [4.69, 9.17) is 14.8 Å². The van der Waals surface area contributed by atoms with E-state index in [-0.39, 0.29) is 12.0 Å². The molecule has 0 heterocycles. The highest BCUT2D eigenvalue weighted by Gasteiger charge is 2.47. The summed E-state index contributed by atoms with van der Waals surface area (Å²) in [6, 6.07) is 4.26. The highest BCUT2D eigenvalue weighted by Crippen LogP contribution is 2.30. The van der Waals surface area contributed by atoms with E-state index in [2.05, 4.69) is 0 Å². The van der Waals surface area contributed by atoms with Crippen molar-refractivity contribution < 1.29 is 32.8 Å². The van der Waals surface area contributed by atoms with Crippen LogP contribution in [0.5, 0.6) is 0 Å². The Morgan fingerprint density at radius 2 is 1.74 bits per heavy atom. The van der Waals surface area contributed by atoms with Crippen LogP contribution in [0.1, 0.15) is 18.9 Å². The minimum absolute atomic E-state index is 0.217. The summed E-state index contributed by atoms with van der Waals surface area (Å²) in [6.07, 6.45) is -0.271. The predicted molar refractivity (Wildman–Crippen MR) is 63.5 cm³/mol. The van der Waals surface area contributed by atoms with Crippen molar-refractivity contribution in [2.45, 2.75) is 23.7 Å². The molecule has 8 heteroatoms. The van der Waals surface area contributed by atoms with E-state index in [1.54, 1.807) is 0 Å². The van der Waals surface area contributed by atoms with E-state index in [9.17, 15) is 18.0 Å². The fraction of sp³-hybridized carbons (Fsp3) is 0.273. The molecule has 0 aromatic heterocycles. The molecule has 1 aromatic carbocycles. The van der Waals surface area contributed by atoms with Crippen molar-refractivity contribution in [3.63, 3.8) is 0 Å². The molecule has 1 aromatic rings. The fourth-order valence-electron chi connectivity index (χ4n) is 1.77. The van der Waals surface area contributed by atoms with Gasteiger partial charge >= 0.3 is 11.9 Å². The highest BCUT2D eigenvalue weighted by atomic mass is 32.2. The van der Waals surface area contributed by atoms with Crippen molar-refractivity contribution in [1.29, 1.82) is 0 Å². The molecule has 0 unspecified atom stereocenters. The molecule has 0 atom stereocenters. The lowest BCUT2D eigenvalue weighted by Crippen LogP contribution is -2.43. The summed E-state index contributed by atoms with van der Waals surface area (Å²) < 4.78 is 30.9. The van der Waals surface area contributed by atoms with Gasteiger partial charge in [0.05, 0.1) is 4.90 Å². The SMILES string of the molecule is CCC(C(=O)O)(C(=O)O)c1cccc(S(=O)(=O)O)c1. The van der Waals surface area contributed by atoms with Crippen molar-refractivity contribution >= 4 is 22.1 Å². The Morgan fingerprint density at radius 3 is 2.11 bits per heavy atom. The monoisotopic (exact) mass is 288 g/mol. The number of carbonyl (C=O) groups is 2. The second-order valence-corrected chi connectivity index (χ2v) is 5.29. The molecule has 0 saturated heterocycles. The predicted octanol–water partition coefficient (Wildman–Crippen LogP) is 0.750. The molecule has 0 aliphatic carbocycles. The van der Waals surface area contributed by atoms with Crippen LogP contribution in [0.15, 0.2) is 29.2 Å². The van der Waals surface area contributed by atoms with E-state index in [0.717, 1.165) is 12.1 Å². The van der Waals surface area contributed by atoms with Gasteiger partial charge in [-0.25, -0.2) is 0 Å². The first-order chi connectivity index (χ1) is 8.66. The first-order valence-electron chi connectivity index (χ1n) is 5.21. The normalized spacial score (nSPS) is 12.1. The first kappa shape index (κ1) is 15.1. The number of rotatable bonds is 5. The Morgan fingerprint density at radius 1 is 1.21 bits per heavy atom. The summed E-state index contributed by atoms with van der Waals surface area (Å²) in [7, 11) is -4.53. The van der Waals surface area contributed by atoms with E-state index in [1.807, 2.05) is 0 Å². The summed E-state index contributed by atoms with van der Waals surface area (Å²) in [5.74, 6) is -3.20. The topological polar surface area (TPSA) is 129 Å². The lowest BCUT2D eigenvalue weighted by molar-refractivity contribution is -0.157. The molecule has 0 saturated carbocycles. The second kappa shape index (κ2) is 4.98. The smallest absolute Gasteiger partial charge is 0.325 e. The fourth-order valence-corrected chi connectivity index (χ4v) is 2.29. The van der Waals surface area contributed by atoms with Gasteiger partial charge in [-0.1, -0.05) is 19.1 Å². The van der Waals surface area contributed by atoms with Crippen LogP contribution in [0.2, 0.25) is 0 Å². The van der Waals surface area contributed by atoms with Gasteiger partial charge in [-0.2, -0.15) is 8.42 Å². The van der Waals surface area contributed by atoms with Crippen molar-refractivity contribution in [3.05, 3.63) is 29.8 Å². The summed E-state index contributed by atoms with van der Waals surface area (Å²) >= 11 is 0. The van der Waals surface area contributed by atoms with Gasteiger partial charge < -0.3 is 10.2 Å². The molecule has 0 bridgehead atoms. The van der Waals surface area contributed by atoms with E-state index in [0.29, 0.717) is 0 Å². The Kier molecular flexibility index (Phi) is 3.97. The molecule has 104 valence electrons. The number of hydrogen-bond donors (Lipinski definition) is 3. The maximum atomic E-state index is 11.3. The third kappa shape index (κ3) is 2.59. The number of aliphatic carboxylic acids is 2. The van der Waals surface area contributed by atoms with Crippen molar-refractivity contribution in [3.8, 4) is 0 Å². The minimum Gasteiger partial charge on any atom is -0.480 e. The van der Waals surface area contributed by atoms with Gasteiger partial charge in [0.15, 0.2) is 5.41 Å². The number of carboxylic acid groups (broad SMARTS) is 2. The van der Waals surface area contributed by atoms with Crippen molar-refractivity contribution in [1.82, 2.24) is 0 Å². The van der Waals surface area contributed by atoms with Crippen LogP contribution in [-0.4, -0.2) is 35.1 Å². The molecule has 0 radical (unpaired) electrons. The summed E-state index contributed by atoms with van der Waals surface area (Å²) in [6.45, 7) is 1.36. The summed E-state index contributed by atoms with van der Waals surface area (Å²) in [4.78, 5) is 22.0. The maximum Gasteiger partial charge on any atom is 0.325 e. The third-order valence-corrected chi connectivity index (χ3v) is 3.73. The van der Waals surface area contributed by atoms with Crippen LogP contribution in [0, 0.1) is 0 Å². The Bertz CT molecular complexity index is 604. The zero-order chi connectivity index (χ0) is 14.8. The average molecular weight is 288 g/mol. The lowest BCUT2D eigenvalue weighted by atomic mass is 9.78. The molecule has 3 N–H and O–H groups in total. The molecule has 0 aliphatic rings. The quantitative estimate of drug-likeness (QED) is 0.538. The van der Waals surface area contributed by atoms with Gasteiger partial charge in [-0.15, -0.1) is 0 Å². The van der Waals surface area contributed by atoms with Gasteiger partial charge in [0.1, 0.15) is 0 Å². The van der Waals surface area contributed by atoms with Crippen LogP contribution in [0.4, 0.5) is 0 Å². The van der Waals surface area contributed by atoms with E-state index >= 15 is 0 Å². The van der Waals surface area contributed by atoms with Crippen LogP contribution in [0.25, 0.3) is 0 Å². The zero-order valence-corrected chi connectivity index (χ0v) is 10.7. The van der Waals surface area contributed by atoms with E-state index < -0.39 is 32.4 Å². The zero-order valence-electron chi connectivity index (χ0n) is 9.90. The molecule has 19 heavy (non-hydrogen) atoms. The molecule has 0 spiro atoms. The molecule has 1 rings (SSSR count). The highest BCUT2D eigenvalue weighted by molar-refractivity contribution is 7.85. The second-order valence-electron chi connectivity index (χ2n) is 3.87. The van der Waals surface area contributed by atoms with Gasteiger partial charge in [0.25, 0.3) is 10.1 Å². The summed E-state index contributed by atoms with van der Waals surface area (Å²) in [5.41, 5.74) is -2.47. The minimum atomic E-state index is -4.53. The number of hydrogen-bond acceptors (Lipinski definition) is 4. The standard InChI is InChI=1S/C11H12O7S/c1-2-11(9(12)13,10(14)15)7-4-3-5-8(6-7)19(16,17)18/h3-6H,2H2,1H3,(H,12,13)(H,14,15)(H,16,17,18). The third-order valence-electron chi connectivity index (χ3n) is 2.89. The molecular formula is C11H12O7S. The molecule has 0 aliphatic heterocycles. The van der Waals surface area contributed by atoms with Gasteiger partial charge in [0.2, 0.25) is 0 Å². The largest absolute Gasteiger partial charge is 0.480 e. The molecular weight excluding hydrogens is 276 g/mol. The van der Waals surface area contributed by atoms with Gasteiger partial charge in [0, 0.05) is 0 Å². The molecule has 0 fully saturated rings. The van der Waals surface area contributed by atoms with E-state index in [1.165, 1.54) is 19.1 Å². The van der Waals surface area contributed by atoms with Crippen LogP contribution >= 0.6 is 0 Å². The lowest BCUT2D eigenvalue weighted by Gasteiger charge is -2.23. The van der Waals surface area contributed by atoms with Crippen LogP contribution in [0.3, 0.4) is 0 Å². The maximum absolute atomic E-state index is 11.3. The Labute approximate surface area is 109 Å². The molecule has 0 amide bonds. The summed E-state index contributed by atoms with van der Waals surface area (Å²) in [5, 5.41) is 18.3. The van der Waals surface area contributed by atoms with Crippen molar-refractivity contribution in [2.24, 2.45) is 0 Å². The average Bonchev–Trinajstić information content (AvgIpc) is 2.29. The van der Waals surface area contributed by atoms with Crippen LogP contribution in [-0.2, 0) is 25.1 Å².